The van der Waals surface area contributed by atoms with E-state index >= 15 is 0 Å². The van der Waals surface area contributed by atoms with Crippen LogP contribution in [-0.4, -0.2) is 42.1 Å². The molecule has 1 aliphatic carbocycles. The summed E-state index contributed by atoms with van der Waals surface area (Å²) in [5.74, 6) is 0.861. The zero-order valence-corrected chi connectivity index (χ0v) is 11.8. The third kappa shape index (κ3) is 3.36. The molecule has 0 unspecified atom stereocenters. The zero-order valence-electron chi connectivity index (χ0n) is 11.8. The van der Waals surface area contributed by atoms with Crippen LogP contribution in [0.1, 0.15) is 37.0 Å². The number of amides is 1. The molecule has 0 aliphatic heterocycles. The van der Waals surface area contributed by atoms with Crippen molar-refractivity contribution in [3.8, 4) is 11.5 Å². The number of rotatable bonds is 5. The molecule has 0 bridgehead atoms. The van der Waals surface area contributed by atoms with Crippen molar-refractivity contribution >= 4 is 5.91 Å². The average Bonchev–Trinajstić information content (AvgIpc) is 3.11. The van der Waals surface area contributed by atoms with Gasteiger partial charge in [-0.3, -0.25) is 9.78 Å². The third-order valence-electron chi connectivity index (χ3n) is 2.68. The molecule has 0 radical (unpaired) electrons. The van der Waals surface area contributed by atoms with Crippen LogP contribution in [0.5, 0.6) is 11.5 Å². The summed E-state index contributed by atoms with van der Waals surface area (Å²) in [7, 11) is 3.42. The lowest BCUT2D eigenvalue weighted by Crippen LogP contribution is -2.24. The first kappa shape index (κ1) is 13.6. The van der Waals surface area contributed by atoms with Gasteiger partial charge in [0.05, 0.1) is 24.6 Å². The molecule has 1 heterocycles. The van der Waals surface area contributed by atoms with Gasteiger partial charge in [0.2, 0.25) is 0 Å². The molecule has 5 nitrogen and oxygen atoms in total. The van der Waals surface area contributed by atoms with E-state index in [-0.39, 0.29) is 18.1 Å². The highest BCUT2D eigenvalue weighted by atomic mass is 16.5. The molecule has 0 saturated heterocycles. The molecular weight excluding hydrogens is 244 g/mol. The van der Waals surface area contributed by atoms with E-state index in [1.165, 1.54) is 4.90 Å². The van der Waals surface area contributed by atoms with Crippen LogP contribution >= 0.6 is 0 Å². The van der Waals surface area contributed by atoms with Crippen molar-refractivity contribution in [2.75, 3.05) is 14.1 Å². The lowest BCUT2D eigenvalue weighted by molar-refractivity contribution is 0.0815. The molecule has 0 atom stereocenters. The highest BCUT2D eigenvalue weighted by Gasteiger charge is 2.28. The Morgan fingerprint density at radius 1 is 1.32 bits per heavy atom. The van der Waals surface area contributed by atoms with Gasteiger partial charge in [0.25, 0.3) is 5.91 Å². The monoisotopic (exact) mass is 264 g/mol. The Morgan fingerprint density at radius 2 is 1.95 bits per heavy atom. The predicted molar refractivity (Wildman–Crippen MR) is 71.7 cm³/mol. The number of ether oxygens (including phenoxy) is 2. The van der Waals surface area contributed by atoms with Crippen molar-refractivity contribution < 1.29 is 14.3 Å². The van der Waals surface area contributed by atoms with E-state index in [0.29, 0.717) is 17.1 Å². The summed E-state index contributed by atoms with van der Waals surface area (Å²) in [6.07, 6.45) is 5.41. The van der Waals surface area contributed by atoms with Crippen LogP contribution in [0.2, 0.25) is 0 Å². The lowest BCUT2D eigenvalue weighted by Gasteiger charge is -2.19. The van der Waals surface area contributed by atoms with Crippen molar-refractivity contribution in [3.63, 3.8) is 0 Å². The average molecular weight is 264 g/mol. The van der Waals surface area contributed by atoms with Crippen LogP contribution in [0.4, 0.5) is 0 Å². The maximum absolute atomic E-state index is 12.3. The van der Waals surface area contributed by atoms with E-state index in [2.05, 4.69) is 4.98 Å². The molecule has 1 aromatic rings. The van der Waals surface area contributed by atoms with Gasteiger partial charge in [0, 0.05) is 14.1 Å². The Labute approximate surface area is 113 Å². The summed E-state index contributed by atoms with van der Waals surface area (Å²) < 4.78 is 11.4. The minimum atomic E-state index is -0.131. The second-order valence-electron chi connectivity index (χ2n) is 5.19. The molecule has 1 fully saturated rings. The number of hydrogen-bond acceptors (Lipinski definition) is 4. The zero-order chi connectivity index (χ0) is 14.0. The predicted octanol–water partition coefficient (Wildman–Crippen LogP) is 2.11. The van der Waals surface area contributed by atoms with Crippen LogP contribution in [-0.2, 0) is 0 Å². The molecule has 19 heavy (non-hydrogen) atoms. The van der Waals surface area contributed by atoms with Crippen molar-refractivity contribution in [2.24, 2.45) is 0 Å². The fourth-order valence-corrected chi connectivity index (χ4v) is 1.66. The van der Waals surface area contributed by atoms with Crippen LogP contribution in [0, 0.1) is 0 Å². The Hall–Kier alpha value is -1.78. The molecule has 104 valence electrons. The molecule has 2 rings (SSSR count). The highest BCUT2D eigenvalue weighted by molar-refractivity contribution is 5.99. The van der Waals surface area contributed by atoms with Gasteiger partial charge in [-0.1, -0.05) is 0 Å². The van der Waals surface area contributed by atoms with Gasteiger partial charge >= 0.3 is 0 Å². The minimum Gasteiger partial charge on any atom is -0.488 e. The first-order chi connectivity index (χ1) is 8.99. The molecule has 1 amide bonds. The van der Waals surface area contributed by atoms with Crippen molar-refractivity contribution in [2.45, 2.75) is 38.9 Å². The largest absolute Gasteiger partial charge is 0.488 e. The Balaban J connectivity index is 2.37. The van der Waals surface area contributed by atoms with E-state index < -0.39 is 0 Å². The Morgan fingerprint density at radius 3 is 2.47 bits per heavy atom. The third-order valence-corrected chi connectivity index (χ3v) is 2.68. The summed E-state index contributed by atoms with van der Waals surface area (Å²) in [6, 6.07) is 0. The summed E-state index contributed by atoms with van der Waals surface area (Å²) in [6.45, 7) is 3.83. The molecule has 1 aromatic heterocycles. The number of carbonyl (C=O) groups is 1. The standard InChI is InChI=1S/C14H20N2O3/c1-9(2)18-11-7-15-8-12(19-10-5-6-10)13(11)14(17)16(3)4/h7-10H,5-6H2,1-4H3. The van der Waals surface area contributed by atoms with Gasteiger partial charge in [-0.2, -0.15) is 0 Å². The maximum atomic E-state index is 12.3. The Bertz CT molecular complexity index is 446. The van der Waals surface area contributed by atoms with Gasteiger partial charge in [0.15, 0.2) is 11.5 Å². The number of hydrogen-bond donors (Lipinski definition) is 0. The summed E-state index contributed by atoms with van der Waals surface area (Å²) in [4.78, 5) is 17.9. The van der Waals surface area contributed by atoms with E-state index in [1.54, 1.807) is 26.5 Å². The molecular formula is C14H20N2O3. The number of nitrogens with zero attached hydrogens (tertiary/aromatic N) is 2. The van der Waals surface area contributed by atoms with Crippen molar-refractivity contribution in [3.05, 3.63) is 18.0 Å². The number of pyridine rings is 1. The van der Waals surface area contributed by atoms with E-state index in [0.717, 1.165) is 12.8 Å². The normalized spacial score (nSPS) is 14.4. The first-order valence-corrected chi connectivity index (χ1v) is 6.52. The van der Waals surface area contributed by atoms with E-state index in [9.17, 15) is 4.79 Å². The molecule has 0 aromatic carbocycles. The summed E-state index contributed by atoms with van der Waals surface area (Å²) in [5, 5.41) is 0. The number of aromatic nitrogens is 1. The highest BCUT2D eigenvalue weighted by Crippen LogP contribution is 2.33. The molecule has 0 N–H and O–H groups in total. The minimum absolute atomic E-state index is 0.0216. The SMILES string of the molecule is CC(C)Oc1cncc(OC2CC2)c1C(=O)N(C)C. The van der Waals surface area contributed by atoms with Crippen molar-refractivity contribution in [1.29, 1.82) is 0 Å². The molecule has 5 heteroatoms. The maximum Gasteiger partial charge on any atom is 0.261 e. The molecule has 0 spiro atoms. The van der Waals surface area contributed by atoms with Crippen LogP contribution in [0.15, 0.2) is 12.4 Å². The smallest absolute Gasteiger partial charge is 0.261 e. The quantitative estimate of drug-likeness (QED) is 0.817. The van der Waals surface area contributed by atoms with E-state index in [4.69, 9.17) is 9.47 Å². The van der Waals surface area contributed by atoms with Gasteiger partial charge in [-0.15, -0.1) is 0 Å². The summed E-state index contributed by atoms with van der Waals surface area (Å²) >= 11 is 0. The van der Waals surface area contributed by atoms with Gasteiger partial charge in [-0.05, 0) is 26.7 Å². The topological polar surface area (TPSA) is 51.7 Å². The Kier molecular flexibility index (Phi) is 3.93. The fourth-order valence-electron chi connectivity index (χ4n) is 1.66. The van der Waals surface area contributed by atoms with Crippen LogP contribution in [0.3, 0.4) is 0 Å². The second kappa shape index (κ2) is 5.47. The van der Waals surface area contributed by atoms with Crippen LogP contribution < -0.4 is 9.47 Å². The van der Waals surface area contributed by atoms with E-state index in [1.807, 2.05) is 13.8 Å². The summed E-state index contributed by atoms with van der Waals surface area (Å²) in [5.41, 5.74) is 0.459. The lowest BCUT2D eigenvalue weighted by atomic mass is 10.2. The fraction of sp³-hybridized carbons (Fsp3) is 0.571. The van der Waals surface area contributed by atoms with Crippen LogP contribution in [0.25, 0.3) is 0 Å². The first-order valence-electron chi connectivity index (χ1n) is 6.52. The van der Waals surface area contributed by atoms with Crippen molar-refractivity contribution in [1.82, 2.24) is 9.88 Å². The molecule has 1 saturated carbocycles. The number of carbonyl (C=O) groups excluding carboxylic acids is 1. The van der Waals surface area contributed by atoms with Gasteiger partial charge in [-0.25, -0.2) is 0 Å². The van der Waals surface area contributed by atoms with Gasteiger partial charge in [0.1, 0.15) is 5.56 Å². The van der Waals surface area contributed by atoms with Gasteiger partial charge < -0.3 is 14.4 Å². The molecule has 1 aliphatic rings. The second-order valence-corrected chi connectivity index (χ2v) is 5.19.